The van der Waals surface area contributed by atoms with Crippen LogP contribution in [0.4, 0.5) is 0 Å². The molecule has 10 aliphatic carbocycles. The summed E-state index contributed by atoms with van der Waals surface area (Å²) in [6.07, 6.45) is 23.8. The van der Waals surface area contributed by atoms with Gasteiger partial charge >= 0.3 is 0 Å². The van der Waals surface area contributed by atoms with Gasteiger partial charge in [-0.2, -0.15) is 0 Å². The van der Waals surface area contributed by atoms with Gasteiger partial charge in [-0.25, -0.2) is 0 Å². The number of aldehydes is 2. The summed E-state index contributed by atoms with van der Waals surface area (Å²) in [5, 5.41) is 20.6. The van der Waals surface area contributed by atoms with Gasteiger partial charge in [0, 0.05) is 35.7 Å². The van der Waals surface area contributed by atoms with Crippen LogP contribution in [0.2, 0.25) is 0 Å². The quantitative estimate of drug-likeness (QED) is 0.156. The number of aliphatic hydroxyl groups is 2. The van der Waals surface area contributed by atoms with Crippen LogP contribution < -0.4 is 0 Å². The van der Waals surface area contributed by atoms with Gasteiger partial charge in [0.1, 0.15) is 24.1 Å². The number of hydrogen-bond acceptors (Lipinski definition) is 6. The molecule has 0 amide bonds. The van der Waals surface area contributed by atoms with E-state index in [4.69, 9.17) is 0 Å². The van der Waals surface area contributed by atoms with Crippen molar-refractivity contribution in [3.8, 4) is 0 Å². The van der Waals surface area contributed by atoms with E-state index in [1.165, 1.54) is 51.2 Å². The molecule has 10 rings (SSSR count). The molecule has 0 saturated heterocycles. The van der Waals surface area contributed by atoms with E-state index in [1.54, 1.807) is 0 Å². The molecule has 6 heteroatoms. The average molecular weight is 909 g/mol. The third-order valence-electron chi connectivity index (χ3n) is 26.5. The highest BCUT2D eigenvalue weighted by Gasteiger charge is 2.73. The van der Waals surface area contributed by atoms with Crippen molar-refractivity contribution in [2.75, 3.05) is 13.2 Å². The summed E-state index contributed by atoms with van der Waals surface area (Å²) in [5.41, 5.74) is 2.40. The molecule has 0 aliphatic heterocycles. The van der Waals surface area contributed by atoms with E-state index in [0.29, 0.717) is 64.5 Å². The van der Waals surface area contributed by atoms with E-state index in [9.17, 15) is 29.4 Å². The van der Waals surface area contributed by atoms with E-state index < -0.39 is 0 Å². The number of carbonyl (C=O) groups is 4. The molecular weight excluding hydrogens is 817 g/mol. The van der Waals surface area contributed by atoms with E-state index in [2.05, 4.69) is 82.4 Å². The highest BCUT2D eigenvalue weighted by Crippen LogP contribution is 2.79. The Labute approximate surface area is 400 Å². The zero-order chi connectivity index (χ0) is 48.1. The van der Waals surface area contributed by atoms with E-state index in [0.717, 1.165) is 95.3 Å². The van der Waals surface area contributed by atoms with Crippen LogP contribution in [0.1, 0.15) is 198 Å². The Morgan fingerprint density at radius 1 is 0.530 bits per heavy atom. The Morgan fingerprint density at radius 3 is 1.48 bits per heavy atom. The minimum atomic E-state index is -0.260. The number of aliphatic hydroxyl groups excluding tert-OH is 2. The van der Waals surface area contributed by atoms with E-state index >= 15 is 0 Å². The van der Waals surface area contributed by atoms with Crippen LogP contribution in [0.5, 0.6) is 0 Å². The molecular formula is C60H92O6. The summed E-state index contributed by atoms with van der Waals surface area (Å²) in [6.45, 7) is 33.1. The van der Waals surface area contributed by atoms with Crippen LogP contribution in [0.15, 0.2) is 24.3 Å². The molecule has 0 heterocycles. The predicted octanol–water partition coefficient (Wildman–Crippen LogP) is 12.8. The Bertz CT molecular complexity index is 2030. The third-order valence-corrected chi connectivity index (χ3v) is 26.5. The maximum Gasteiger partial charge on any atom is 0.145 e. The first-order valence-electron chi connectivity index (χ1n) is 27.4. The molecule has 0 radical (unpaired) electrons. The summed E-state index contributed by atoms with van der Waals surface area (Å²) < 4.78 is 0. The summed E-state index contributed by atoms with van der Waals surface area (Å²) in [6, 6.07) is 0. The van der Waals surface area contributed by atoms with Gasteiger partial charge < -0.3 is 15.0 Å². The molecule has 6 nitrogen and oxygen atoms in total. The number of carbonyl (C=O) groups excluding carboxylic acids is 4. The number of Topliss-reactive ketones (excluding diaryl/α,β-unsaturated/α-hetero) is 2. The van der Waals surface area contributed by atoms with Gasteiger partial charge in [-0.05, 0) is 224 Å². The second kappa shape index (κ2) is 15.8. The number of fused-ring (bicyclic) bond motifs is 14. The topological polar surface area (TPSA) is 109 Å². The lowest BCUT2D eigenvalue weighted by Crippen LogP contribution is -2.66. The molecule has 0 spiro atoms. The Balaban J connectivity index is 0.000000166. The SMILES string of the molecule is C=C(C=O)[C@@H]1CC[C@]2(C=O)CC[C@]3(C)[C@H](CC[C@@H]4[C@@]5(C)CCC(=O)C(C)(C)[C@@H]5CC[C@]43C)[C@@H]12.C=C(CO)[C@@H]1CC[C@]2(CO)CC[C@]3(C)[C@H](CC[C@@H]4[C@@]5(C)CCC(=O)C(C)(C)[C@@H]5CC[C@]43C)[C@@H]12. The molecule has 2 N–H and O–H groups in total. The molecule has 0 unspecified atom stereocenters. The summed E-state index contributed by atoms with van der Waals surface area (Å²) in [5.74, 6) is 5.49. The minimum Gasteiger partial charge on any atom is -0.396 e. The van der Waals surface area contributed by atoms with Crippen molar-refractivity contribution in [2.24, 2.45) is 113 Å². The van der Waals surface area contributed by atoms with Gasteiger partial charge in [0.2, 0.25) is 0 Å². The number of rotatable bonds is 6. The molecule has 10 aliphatic rings. The van der Waals surface area contributed by atoms with Crippen LogP contribution in [-0.2, 0) is 19.2 Å². The molecule has 10 saturated carbocycles. The van der Waals surface area contributed by atoms with Crippen molar-refractivity contribution in [3.63, 3.8) is 0 Å². The summed E-state index contributed by atoms with van der Waals surface area (Å²) in [7, 11) is 0. The largest absolute Gasteiger partial charge is 0.396 e. The molecule has 0 aromatic rings. The first-order chi connectivity index (χ1) is 30.8. The van der Waals surface area contributed by atoms with Crippen LogP contribution in [0.25, 0.3) is 0 Å². The zero-order valence-electron chi connectivity index (χ0n) is 43.4. The number of hydrogen-bond donors (Lipinski definition) is 2. The monoisotopic (exact) mass is 909 g/mol. The van der Waals surface area contributed by atoms with Crippen molar-refractivity contribution < 1.29 is 29.4 Å². The standard InChI is InChI=1S/C30H48O3.C30H44O3/c2*1-19(17-31)20-9-14-30(18-32)16-15-28(5)21(25(20)30)7-8-23-27(4)12-11-24(33)26(2,3)22(27)10-13-29(23,28)6/h20-23,25,31-32H,1,7-18H2,2-6H3;17-18,20-23,25H,1,7-16H2,2-6H3/t2*20-,21+,22-,23+,25+,27-,28+,29+,30+/m00/s1. The Morgan fingerprint density at radius 2 is 1.02 bits per heavy atom. The van der Waals surface area contributed by atoms with Gasteiger partial charge in [-0.1, -0.05) is 82.4 Å². The first-order valence-corrected chi connectivity index (χ1v) is 27.4. The maximum atomic E-state index is 12.9. The van der Waals surface area contributed by atoms with Crippen molar-refractivity contribution in [2.45, 2.75) is 198 Å². The molecule has 0 bridgehead atoms. The molecule has 368 valence electrons. The van der Waals surface area contributed by atoms with Crippen molar-refractivity contribution in [3.05, 3.63) is 24.3 Å². The second-order valence-electron chi connectivity index (χ2n) is 28.3. The number of allylic oxidation sites excluding steroid dienone is 1. The van der Waals surface area contributed by atoms with Gasteiger partial charge in [0.25, 0.3) is 0 Å². The fourth-order valence-electron chi connectivity index (χ4n) is 22.5. The fourth-order valence-corrected chi connectivity index (χ4v) is 22.5. The predicted molar refractivity (Wildman–Crippen MR) is 263 cm³/mol. The summed E-state index contributed by atoms with van der Waals surface area (Å²) in [4.78, 5) is 50.1. The van der Waals surface area contributed by atoms with Gasteiger partial charge in [-0.3, -0.25) is 14.4 Å². The lowest BCUT2D eigenvalue weighted by Gasteiger charge is -2.72. The number of ketones is 2. The highest BCUT2D eigenvalue weighted by atomic mass is 16.3. The Kier molecular flexibility index (Phi) is 11.7. The maximum absolute atomic E-state index is 12.9. The molecule has 0 aromatic carbocycles. The fraction of sp³-hybridized carbons (Fsp3) is 0.867. The van der Waals surface area contributed by atoms with E-state index in [-0.39, 0.29) is 79.2 Å². The Hall–Kier alpha value is -1.92. The first kappa shape index (κ1) is 49.1. The minimum absolute atomic E-state index is 0.0243. The smallest absolute Gasteiger partial charge is 0.145 e. The third kappa shape index (κ3) is 6.15. The normalized spacial score (nSPS) is 52.8. The average Bonchev–Trinajstić information content (AvgIpc) is 3.87. The van der Waals surface area contributed by atoms with Gasteiger partial charge in [-0.15, -0.1) is 0 Å². The second-order valence-corrected chi connectivity index (χ2v) is 28.3. The van der Waals surface area contributed by atoms with Gasteiger partial charge in [0.15, 0.2) is 0 Å². The lowest BCUT2D eigenvalue weighted by atomic mass is 9.32. The summed E-state index contributed by atoms with van der Waals surface area (Å²) >= 11 is 0. The van der Waals surface area contributed by atoms with E-state index in [1.807, 2.05) is 0 Å². The van der Waals surface area contributed by atoms with Crippen LogP contribution >= 0.6 is 0 Å². The van der Waals surface area contributed by atoms with Crippen molar-refractivity contribution >= 4 is 24.1 Å². The molecule has 18 atom stereocenters. The van der Waals surface area contributed by atoms with Crippen molar-refractivity contribution in [1.82, 2.24) is 0 Å². The molecule has 66 heavy (non-hydrogen) atoms. The van der Waals surface area contributed by atoms with Crippen LogP contribution in [0.3, 0.4) is 0 Å². The zero-order valence-corrected chi connectivity index (χ0v) is 43.4. The molecule has 10 fully saturated rings. The van der Waals surface area contributed by atoms with Gasteiger partial charge in [0.05, 0.1) is 6.61 Å². The highest BCUT2D eigenvalue weighted by molar-refractivity contribution is 5.86. The lowest BCUT2D eigenvalue weighted by molar-refractivity contribution is -0.236. The van der Waals surface area contributed by atoms with Crippen LogP contribution in [0, 0.1) is 113 Å². The van der Waals surface area contributed by atoms with Crippen LogP contribution in [-0.4, -0.2) is 47.6 Å². The van der Waals surface area contributed by atoms with Crippen molar-refractivity contribution in [1.29, 1.82) is 0 Å². The molecule has 0 aromatic heterocycles.